The number of anilines is 1. The molecule has 0 aromatic heterocycles. The lowest BCUT2D eigenvalue weighted by Gasteiger charge is -2.23. The smallest absolute Gasteiger partial charge is 0.397 e. The molecule has 4 N–H and O–H groups in total. The minimum absolute atomic E-state index is 0. The summed E-state index contributed by atoms with van der Waals surface area (Å²) in [5.74, 6) is 0. The second-order valence-electron chi connectivity index (χ2n) is 5.61. The van der Waals surface area contributed by atoms with E-state index < -0.39 is 23.5 Å². The molecule has 0 radical (unpaired) electrons. The highest BCUT2D eigenvalue weighted by atomic mass is 35.5. The van der Waals surface area contributed by atoms with E-state index in [4.69, 9.17) is 17.3 Å². The van der Waals surface area contributed by atoms with Crippen LogP contribution >= 0.6 is 24.0 Å². The van der Waals surface area contributed by atoms with Gasteiger partial charge in [-0.15, -0.1) is 12.4 Å². The monoisotopic (exact) mass is 346 g/mol. The van der Waals surface area contributed by atoms with Crippen molar-refractivity contribution in [1.82, 2.24) is 5.32 Å². The number of rotatable bonds is 3. The predicted molar refractivity (Wildman–Crippen MR) is 80.8 cm³/mol. The summed E-state index contributed by atoms with van der Waals surface area (Å²) < 4.78 is 38.4. The molecule has 122 valence electrons. The molecule has 0 saturated carbocycles. The van der Waals surface area contributed by atoms with E-state index in [2.05, 4.69) is 5.32 Å². The zero-order valence-electron chi connectivity index (χ0n) is 11.9. The van der Waals surface area contributed by atoms with E-state index in [1.54, 1.807) is 0 Å². The highest BCUT2D eigenvalue weighted by Crippen LogP contribution is 2.38. The van der Waals surface area contributed by atoms with Crippen molar-refractivity contribution in [2.45, 2.75) is 38.6 Å². The zero-order valence-corrected chi connectivity index (χ0v) is 13.5. The first kappa shape index (κ1) is 20.3. The SMILES string of the molecule is CC(C)(C)NCC(O)c1cc(Cl)c(N)c(C(F)(F)F)c1.Cl. The van der Waals surface area contributed by atoms with Crippen LogP contribution in [0.1, 0.15) is 38.0 Å². The van der Waals surface area contributed by atoms with E-state index in [9.17, 15) is 18.3 Å². The van der Waals surface area contributed by atoms with Crippen LogP contribution in [0.15, 0.2) is 12.1 Å². The fraction of sp³-hybridized carbons (Fsp3) is 0.538. The number of benzene rings is 1. The molecule has 1 aromatic rings. The quantitative estimate of drug-likeness (QED) is 0.730. The number of nitrogens with one attached hydrogen (secondary N) is 1. The molecule has 1 rings (SSSR count). The van der Waals surface area contributed by atoms with Gasteiger partial charge in [0.2, 0.25) is 0 Å². The van der Waals surface area contributed by atoms with E-state index in [-0.39, 0.29) is 35.1 Å². The Morgan fingerprint density at radius 3 is 2.24 bits per heavy atom. The summed E-state index contributed by atoms with van der Waals surface area (Å²) in [5.41, 5.74) is 3.59. The average Bonchev–Trinajstić information content (AvgIpc) is 2.26. The lowest BCUT2D eigenvalue weighted by Crippen LogP contribution is -2.38. The second kappa shape index (κ2) is 7.05. The van der Waals surface area contributed by atoms with Gasteiger partial charge in [-0.3, -0.25) is 0 Å². The van der Waals surface area contributed by atoms with Crippen molar-refractivity contribution < 1.29 is 18.3 Å². The maximum Gasteiger partial charge on any atom is 0.418 e. The number of β-amino-alcohol motifs (C(OH)–C–C–N with tert-alkyl or cyclic N) is 1. The molecule has 0 bridgehead atoms. The predicted octanol–water partition coefficient (Wildman–Crippen LogP) is 3.78. The topological polar surface area (TPSA) is 58.3 Å². The third-order valence-corrected chi connectivity index (χ3v) is 2.98. The molecule has 0 aliphatic heterocycles. The Kier molecular flexibility index (Phi) is 6.82. The minimum Gasteiger partial charge on any atom is -0.397 e. The number of nitrogens with two attached hydrogens (primary N) is 1. The van der Waals surface area contributed by atoms with Crippen LogP contribution in [-0.2, 0) is 6.18 Å². The molecular weight excluding hydrogens is 328 g/mol. The molecule has 1 atom stereocenters. The number of alkyl halides is 3. The van der Waals surface area contributed by atoms with Gasteiger partial charge in [-0.05, 0) is 38.5 Å². The third kappa shape index (κ3) is 5.90. The Morgan fingerprint density at radius 2 is 1.81 bits per heavy atom. The summed E-state index contributed by atoms with van der Waals surface area (Å²) in [6, 6.07) is 2.08. The van der Waals surface area contributed by atoms with E-state index in [0.717, 1.165) is 6.07 Å². The fourth-order valence-electron chi connectivity index (χ4n) is 1.59. The van der Waals surface area contributed by atoms with Crippen LogP contribution in [0.2, 0.25) is 5.02 Å². The molecule has 0 saturated heterocycles. The first-order valence-corrected chi connectivity index (χ1v) is 6.39. The van der Waals surface area contributed by atoms with E-state index in [1.807, 2.05) is 20.8 Å². The number of aliphatic hydroxyl groups is 1. The van der Waals surface area contributed by atoms with E-state index in [1.165, 1.54) is 6.07 Å². The molecule has 0 fully saturated rings. The lowest BCUT2D eigenvalue weighted by atomic mass is 10.0. The molecule has 1 unspecified atom stereocenters. The van der Waals surface area contributed by atoms with E-state index in [0.29, 0.717) is 0 Å². The van der Waals surface area contributed by atoms with Gasteiger partial charge >= 0.3 is 6.18 Å². The summed E-state index contributed by atoms with van der Waals surface area (Å²) in [5, 5.41) is 12.7. The van der Waals surface area contributed by atoms with Gasteiger partial charge in [0.1, 0.15) is 0 Å². The molecule has 0 aliphatic rings. The Hall–Kier alpha value is -0.690. The number of aliphatic hydroxyl groups excluding tert-OH is 1. The van der Waals surface area contributed by atoms with Gasteiger partial charge in [-0.1, -0.05) is 11.6 Å². The van der Waals surface area contributed by atoms with Crippen molar-refractivity contribution in [3.05, 3.63) is 28.3 Å². The number of nitrogen functional groups attached to an aromatic ring is 1. The van der Waals surface area contributed by atoms with Crippen molar-refractivity contribution in [3.63, 3.8) is 0 Å². The highest BCUT2D eigenvalue weighted by molar-refractivity contribution is 6.33. The minimum atomic E-state index is -4.61. The number of hydrogen-bond donors (Lipinski definition) is 3. The van der Waals surface area contributed by atoms with Crippen molar-refractivity contribution in [2.24, 2.45) is 0 Å². The molecule has 0 spiro atoms. The largest absolute Gasteiger partial charge is 0.418 e. The maximum absolute atomic E-state index is 12.8. The summed E-state index contributed by atoms with van der Waals surface area (Å²) in [6.45, 7) is 5.77. The molecular formula is C13H19Cl2F3N2O. The van der Waals surface area contributed by atoms with Gasteiger partial charge < -0.3 is 16.2 Å². The van der Waals surface area contributed by atoms with Crippen LogP contribution in [0, 0.1) is 0 Å². The van der Waals surface area contributed by atoms with Gasteiger partial charge in [-0.25, -0.2) is 0 Å². The van der Waals surface area contributed by atoms with Gasteiger partial charge in [0.15, 0.2) is 0 Å². The first-order valence-electron chi connectivity index (χ1n) is 6.01. The molecule has 1 aromatic carbocycles. The molecule has 0 heterocycles. The summed E-state index contributed by atoms with van der Waals surface area (Å²) in [7, 11) is 0. The van der Waals surface area contributed by atoms with Crippen LogP contribution in [0.3, 0.4) is 0 Å². The number of hydrogen-bond acceptors (Lipinski definition) is 3. The highest BCUT2D eigenvalue weighted by Gasteiger charge is 2.34. The molecule has 21 heavy (non-hydrogen) atoms. The van der Waals surface area contributed by atoms with Gasteiger partial charge in [-0.2, -0.15) is 13.2 Å². The van der Waals surface area contributed by atoms with Crippen molar-refractivity contribution in [2.75, 3.05) is 12.3 Å². The lowest BCUT2D eigenvalue weighted by molar-refractivity contribution is -0.137. The summed E-state index contributed by atoms with van der Waals surface area (Å²) >= 11 is 5.70. The van der Waals surface area contributed by atoms with Crippen LogP contribution in [0.5, 0.6) is 0 Å². The second-order valence-corrected chi connectivity index (χ2v) is 6.02. The van der Waals surface area contributed by atoms with Gasteiger partial charge in [0.05, 0.1) is 22.4 Å². The standard InChI is InChI=1S/C13H18ClF3N2O.ClH/c1-12(2,3)19-6-10(20)7-4-8(13(15,16)17)11(18)9(14)5-7;/h4-5,10,19-20H,6,18H2,1-3H3;1H. The van der Waals surface area contributed by atoms with Crippen LogP contribution < -0.4 is 11.1 Å². The Morgan fingerprint density at radius 1 is 1.29 bits per heavy atom. The first-order chi connectivity index (χ1) is 8.92. The Labute approximate surface area is 133 Å². The molecule has 3 nitrogen and oxygen atoms in total. The van der Waals surface area contributed by atoms with Crippen LogP contribution in [0.25, 0.3) is 0 Å². The summed E-state index contributed by atoms with van der Waals surface area (Å²) in [4.78, 5) is 0. The van der Waals surface area contributed by atoms with Crippen LogP contribution in [-0.4, -0.2) is 17.2 Å². The number of halogens is 5. The van der Waals surface area contributed by atoms with Crippen molar-refractivity contribution in [3.8, 4) is 0 Å². The Bertz CT molecular complexity index is 488. The van der Waals surface area contributed by atoms with Crippen molar-refractivity contribution in [1.29, 1.82) is 0 Å². The third-order valence-electron chi connectivity index (χ3n) is 2.67. The fourth-order valence-corrected chi connectivity index (χ4v) is 1.81. The molecule has 0 amide bonds. The van der Waals surface area contributed by atoms with Crippen LogP contribution in [0.4, 0.5) is 18.9 Å². The molecule has 8 heteroatoms. The van der Waals surface area contributed by atoms with E-state index >= 15 is 0 Å². The average molecular weight is 347 g/mol. The maximum atomic E-state index is 12.8. The van der Waals surface area contributed by atoms with Crippen molar-refractivity contribution >= 4 is 29.7 Å². The Balaban J connectivity index is 0.00000400. The van der Waals surface area contributed by atoms with Gasteiger partial charge in [0, 0.05) is 12.1 Å². The normalized spacial score (nSPS) is 13.7. The summed E-state index contributed by atoms with van der Waals surface area (Å²) in [6.07, 6.45) is -5.71. The van der Waals surface area contributed by atoms with Gasteiger partial charge in [0.25, 0.3) is 0 Å². The zero-order chi connectivity index (χ0) is 15.7. The molecule has 0 aliphatic carbocycles.